The molecule has 10 heteroatoms. The number of benzene rings is 1. The molecule has 1 aliphatic rings. The molecule has 0 saturated carbocycles. The van der Waals surface area contributed by atoms with Crippen LogP contribution < -0.4 is 9.47 Å². The summed E-state index contributed by atoms with van der Waals surface area (Å²) < 4.78 is 37.3. The van der Waals surface area contributed by atoms with Crippen LogP contribution in [0.5, 0.6) is 11.5 Å². The van der Waals surface area contributed by atoms with Crippen molar-refractivity contribution in [3.05, 3.63) is 36.3 Å². The van der Waals surface area contributed by atoms with Crippen LogP contribution in [0.3, 0.4) is 0 Å². The Hall–Kier alpha value is -2.59. The van der Waals surface area contributed by atoms with E-state index in [-0.39, 0.29) is 24.0 Å². The molecule has 1 aromatic heterocycles. The lowest BCUT2D eigenvalue weighted by molar-refractivity contribution is 0.0760. The minimum Gasteiger partial charge on any atom is -0.493 e. The van der Waals surface area contributed by atoms with Gasteiger partial charge in [0, 0.05) is 26.2 Å². The Morgan fingerprint density at radius 2 is 1.96 bits per heavy atom. The fourth-order valence-corrected chi connectivity index (χ4v) is 4.45. The summed E-state index contributed by atoms with van der Waals surface area (Å²) in [7, 11) is -0.655. The molecule has 1 aliphatic heterocycles. The molecule has 0 bridgehead atoms. The van der Waals surface area contributed by atoms with Gasteiger partial charge in [-0.2, -0.15) is 4.31 Å². The first-order chi connectivity index (χ1) is 13.0. The number of nitrogens with one attached hydrogen (secondary N) is 1. The Morgan fingerprint density at radius 1 is 1.15 bits per heavy atom. The topological polar surface area (TPSA) is 105 Å². The van der Waals surface area contributed by atoms with Gasteiger partial charge >= 0.3 is 0 Å². The molecule has 1 amide bonds. The lowest BCUT2D eigenvalue weighted by Crippen LogP contribution is -2.37. The minimum absolute atomic E-state index is 0.0525. The zero-order valence-electron chi connectivity index (χ0n) is 15.2. The van der Waals surface area contributed by atoms with Crippen LogP contribution in [0.4, 0.5) is 0 Å². The van der Waals surface area contributed by atoms with Crippen molar-refractivity contribution < 1.29 is 22.7 Å². The highest BCUT2D eigenvalue weighted by Gasteiger charge is 2.30. The second-order valence-electron chi connectivity index (χ2n) is 6.01. The van der Waals surface area contributed by atoms with Gasteiger partial charge in [0.25, 0.3) is 15.9 Å². The van der Waals surface area contributed by atoms with Crippen molar-refractivity contribution in [2.75, 3.05) is 40.4 Å². The molecule has 0 atom stereocenters. The first-order valence-electron chi connectivity index (χ1n) is 8.48. The molecule has 2 heterocycles. The number of hydrogen-bond donors (Lipinski definition) is 1. The number of amides is 1. The van der Waals surface area contributed by atoms with E-state index in [4.69, 9.17) is 9.47 Å². The molecule has 1 N–H and O–H groups in total. The summed E-state index contributed by atoms with van der Waals surface area (Å²) in [5.74, 6) is 0.629. The number of sulfonamides is 1. The van der Waals surface area contributed by atoms with E-state index in [1.807, 2.05) is 0 Å². The van der Waals surface area contributed by atoms with E-state index < -0.39 is 10.0 Å². The van der Waals surface area contributed by atoms with Gasteiger partial charge in [-0.15, -0.1) is 0 Å². The van der Waals surface area contributed by atoms with Gasteiger partial charge in [-0.1, -0.05) is 6.07 Å². The highest BCUT2D eigenvalue weighted by Crippen LogP contribution is 2.31. The first kappa shape index (κ1) is 19.2. The number of hydrogen-bond acceptors (Lipinski definition) is 6. The normalized spacial score (nSPS) is 16.0. The average Bonchev–Trinajstić information content (AvgIpc) is 3.12. The SMILES string of the molecule is COc1cccc(C(=O)N2CCCN(S(=O)(=O)c3cnc[nH]3)CC2)c1OC. The van der Waals surface area contributed by atoms with Crippen molar-refractivity contribution in [2.45, 2.75) is 11.4 Å². The van der Waals surface area contributed by atoms with Crippen LogP contribution in [0, 0.1) is 0 Å². The number of aromatic nitrogens is 2. The molecule has 1 fully saturated rings. The van der Waals surface area contributed by atoms with Gasteiger partial charge in [0.1, 0.15) is 0 Å². The molecule has 2 aromatic rings. The molecule has 0 unspecified atom stereocenters. The molecule has 3 rings (SSSR count). The van der Waals surface area contributed by atoms with E-state index in [1.54, 1.807) is 23.1 Å². The van der Waals surface area contributed by atoms with Crippen LogP contribution in [-0.4, -0.2) is 73.9 Å². The number of H-pyrrole nitrogens is 1. The van der Waals surface area contributed by atoms with Crippen molar-refractivity contribution in [3.8, 4) is 11.5 Å². The van der Waals surface area contributed by atoms with Crippen LogP contribution in [0.15, 0.2) is 35.7 Å². The molecule has 0 radical (unpaired) electrons. The average molecular weight is 394 g/mol. The van der Waals surface area contributed by atoms with Crippen LogP contribution in [0.25, 0.3) is 0 Å². The summed E-state index contributed by atoms with van der Waals surface area (Å²) in [5.41, 5.74) is 0.390. The third-order valence-corrected chi connectivity index (χ3v) is 6.29. The minimum atomic E-state index is -3.65. The highest BCUT2D eigenvalue weighted by atomic mass is 32.2. The molecule has 27 heavy (non-hydrogen) atoms. The fraction of sp³-hybridized carbons (Fsp3) is 0.412. The number of imidazole rings is 1. The smallest absolute Gasteiger partial charge is 0.260 e. The van der Waals surface area contributed by atoms with Crippen LogP contribution in [0.1, 0.15) is 16.8 Å². The van der Waals surface area contributed by atoms with Gasteiger partial charge in [0.05, 0.1) is 32.3 Å². The summed E-state index contributed by atoms with van der Waals surface area (Å²) in [6.45, 7) is 1.28. The van der Waals surface area contributed by atoms with E-state index in [9.17, 15) is 13.2 Å². The van der Waals surface area contributed by atoms with E-state index in [1.165, 1.54) is 31.0 Å². The third-order valence-electron chi connectivity index (χ3n) is 4.47. The van der Waals surface area contributed by atoms with Gasteiger partial charge < -0.3 is 19.4 Å². The summed E-state index contributed by atoms with van der Waals surface area (Å²) in [6.07, 6.45) is 3.14. The van der Waals surface area contributed by atoms with Gasteiger partial charge in [-0.05, 0) is 18.6 Å². The monoisotopic (exact) mass is 394 g/mol. The Labute approximate surface area is 158 Å². The van der Waals surface area contributed by atoms with Gasteiger partial charge in [0.15, 0.2) is 16.5 Å². The van der Waals surface area contributed by atoms with Gasteiger partial charge in [-0.3, -0.25) is 4.79 Å². The molecule has 146 valence electrons. The van der Waals surface area contributed by atoms with Gasteiger partial charge in [0.2, 0.25) is 0 Å². The number of carbonyl (C=O) groups excluding carboxylic acids is 1. The summed E-state index contributed by atoms with van der Waals surface area (Å²) in [6, 6.07) is 5.12. The quantitative estimate of drug-likeness (QED) is 0.810. The molecule has 9 nitrogen and oxygen atoms in total. The van der Waals surface area contributed by atoms with Crippen molar-refractivity contribution in [1.82, 2.24) is 19.2 Å². The zero-order chi connectivity index (χ0) is 19.4. The Bertz CT molecular complexity index is 898. The zero-order valence-corrected chi connectivity index (χ0v) is 16.0. The van der Waals surface area contributed by atoms with Crippen LogP contribution >= 0.6 is 0 Å². The number of carbonyl (C=O) groups is 1. The summed E-state index contributed by atoms with van der Waals surface area (Å²) in [5, 5.41) is 0.0525. The molecular weight excluding hydrogens is 372 g/mol. The van der Waals surface area contributed by atoms with E-state index in [0.717, 1.165) is 0 Å². The third kappa shape index (κ3) is 3.76. The Kier molecular flexibility index (Phi) is 5.66. The predicted molar refractivity (Wildman–Crippen MR) is 97.4 cm³/mol. The highest BCUT2D eigenvalue weighted by molar-refractivity contribution is 7.89. The van der Waals surface area contributed by atoms with Crippen molar-refractivity contribution >= 4 is 15.9 Å². The molecular formula is C17H22N4O5S. The molecule has 0 spiro atoms. The lowest BCUT2D eigenvalue weighted by atomic mass is 10.1. The maximum absolute atomic E-state index is 13.0. The molecule has 0 aliphatic carbocycles. The molecule has 1 aromatic carbocycles. The number of methoxy groups -OCH3 is 2. The number of rotatable bonds is 5. The number of para-hydroxylation sites is 1. The Morgan fingerprint density at radius 3 is 2.63 bits per heavy atom. The van der Waals surface area contributed by atoms with Gasteiger partial charge in [-0.25, -0.2) is 13.4 Å². The number of aromatic amines is 1. The standard InChI is InChI=1S/C17H22N4O5S/c1-25-14-6-3-5-13(16(14)26-2)17(22)20-7-4-8-21(10-9-20)27(23,24)15-11-18-12-19-15/h3,5-6,11-12H,4,7-10H2,1-2H3,(H,18,19). The first-order valence-corrected chi connectivity index (χ1v) is 9.92. The van der Waals surface area contributed by atoms with Crippen LogP contribution in [0.2, 0.25) is 0 Å². The molecule has 1 saturated heterocycles. The summed E-state index contributed by atoms with van der Waals surface area (Å²) >= 11 is 0. The van der Waals surface area contributed by atoms with Crippen molar-refractivity contribution in [1.29, 1.82) is 0 Å². The van der Waals surface area contributed by atoms with Crippen LogP contribution in [-0.2, 0) is 10.0 Å². The second kappa shape index (κ2) is 7.97. The maximum Gasteiger partial charge on any atom is 0.260 e. The maximum atomic E-state index is 13.0. The fourth-order valence-electron chi connectivity index (χ4n) is 3.09. The van der Waals surface area contributed by atoms with Crippen molar-refractivity contribution in [3.63, 3.8) is 0 Å². The lowest BCUT2D eigenvalue weighted by Gasteiger charge is -2.22. The van der Waals surface area contributed by atoms with E-state index >= 15 is 0 Å². The van der Waals surface area contributed by atoms with E-state index in [2.05, 4.69) is 9.97 Å². The number of ether oxygens (including phenoxy) is 2. The Balaban J connectivity index is 1.78. The summed E-state index contributed by atoms with van der Waals surface area (Å²) in [4.78, 5) is 21.0. The predicted octanol–water partition coefficient (Wildman–Crippen LogP) is 0.964. The largest absolute Gasteiger partial charge is 0.493 e. The van der Waals surface area contributed by atoms with Crippen molar-refractivity contribution in [2.24, 2.45) is 0 Å². The second-order valence-corrected chi connectivity index (χ2v) is 7.91. The number of nitrogens with zero attached hydrogens (tertiary/aromatic N) is 3. The van der Waals surface area contributed by atoms with E-state index in [0.29, 0.717) is 36.6 Å².